The summed E-state index contributed by atoms with van der Waals surface area (Å²) in [7, 11) is 0. The molecule has 0 aromatic carbocycles. The molecule has 16 heavy (non-hydrogen) atoms. The molecule has 1 fully saturated rings. The molecule has 2 N–H and O–H groups in total. The van der Waals surface area contributed by atoms with Gasteiger partial charge in [-0.2, -0.15) is 4.98 Å². The molecule has 0 spiro atoms. The summed E-state index contributed by atoms with van der Waals surface area (Å²) in [5.74, 6) is 1.45. The standard InChI is InChI=1S/C10H15ClN4O/c1-7-6-16-3-2-15(7)9-4-8(5-11)13-10(12)14-9/h4,7H,2-3,5-6H2,1H3,(H2,12,13,14)/t7-/m1/s1. The maximum Gasteiger partial charge on any atom is 0.222 e. The Morgan fingerprint density at radius 1 is 1.62 bits per heavy atom. The van der Waals surface area contributed by atoms with E-state index in [4.69, 9.17) is 22.1 Å². The monoisotopic (exact) mass is 242 g/mol. The summed E-state index contributed by atoms with van der Waals surface area (Å²) in [6.07, 6.45) is 0. The lowest BCUT2D eigenvalue weighted by Gasteiger charge is -2.34. The molecule has 1 saturated heterocycles. The molecule has 1 aliphatic heterocycles. The number of hydrogen-bond acceptors (Lipinski definition) is 5. The Labute approximate surface area is 99.6 Å². The highest BCUT2D eigenvalue weighted by Gasteiger charge is 2.20. The van der Waals surface area contributed by atoms with Crippen molar-refractivity contribution in [3.63, 3.8) is 0 Å². The number of hydrogen-bond donors (Lipinski definition) is 1. The molecule has 5 nitrogen and oxygen atoms in total. The second-order valence-electron chi connectivity index (χ2n) is 3.83. The average Bonchev–Trinajstić information content (AvgIpc) is 2.28. The van der Waals surface area contributed by atoms with Gasteiger partial charge in [-0.15, -0.1) is 11.6 Å². The van der Waals surface area contributed by atoms with Crippen molar-refractivity contribution in [3.8, 4) is 0 Å². The van der Waals surface area contributed by atoms with E-state index >= 15 is 0 Å². The number of alkyl halides is 1. The molecular formula is C10H15ClN4O. The van der Waals surface area contributed by atoms with Crippen LogP contribution in [-0.2, 0) is 10.6 Å². The predicted molar refractivity (Wildman–Crippen MR) is 63.6 cm³/mol. The van der Waals surface area contributed by atoms with E-state index in [1.807, 2.05) is 6.07 Å². The van der Waals surface area contributed by atoms with Gasteiger partial charge in [0.1, 0.15) is 5.82 Å². The van der Waals surface area contributed by atoms with E-state index in [1.54, 1.807) is 0 Å². The fourth-order valence-corrected chi connectivity index (χ4v) is 1.92. The van der Waals surface area contributed by atoms with Crippen LogP contribution < -0.4 is 10.6 Å². The predicted octanol–water partition coefficient (Wildman–Crippen LogP) is 1.02. The van der Waals surface area contributed by atoms with Gasteiger partial charge in [0.15, 0.2) is 0 Å². The smallest absolute Gasteiger partial charge is 0.222 e. The number of morpholine rings is 1. The Hall–Kier alpha value is -1.07. The Morgan fingerprint density at radius 3 is 3.12 bits per heavy atom. The minimum atomic E-state index is 0.270. The van der Waals surface area contributed by atoms with Crippen LogP contribution in [0.1, 0.15) is 12.6 Å². The van der Waals surface area contributed by atoms with Crippen molar-refractivity contribution in [1.82, 2.24) is 9.97 Å². The van der Waals surface area contributed by atoms with Crippen LogP contribution in [0.2, 0.25) is 0 Å². The van der Waals surface area contributed by atoms with Gasteiger partial charge < -0.3 is 15.4 Å². The fraction of sp³-hybridized carbons (Fsp3) is 0.600. The molecule has 1 aromatic heterocycles. The summed E-state index contributed by atoms with van der Waals surface area (Å²) >= 11 is 5.76. The first kappa shape index (κ1) is 11.4. The van der Waals surface area contributed by atoms with Crippen LogP contribution in [0, 0.1) is 0 Å². The molecule has 0 aliphatic carbocycles. The molecular weight excluding hydrogens is 228 g/mol. The Kier molecular flexibility index (Phi) is 3.46. The SMILES string of the molecule is C[C@@H]1COCCN1c1cc(CCl)nc(N)n1. The van der Waals surface area contributed by atoms with Crippen molar-refractivity contribution in [2.75, 3.05) is 30.4 Å². The Balaban J connectivity index is 2.27. The fourth-order valence-electron chi connectivity index (χ4n) is 1.79. The second-order valence-corrected chi connectivity index (χ2v) is 4.09. The van der Waals surface area contributed by atoms with E-state index < -0.39 is 0 Å². The minimum Gasteiger partial charge on any atom is -0.377 e. The van der Waals surface area contributed by atoms with Gasteiger partial charge in [0.2, 0.25) is 5.95 Å². The number of nitrogens with zero attached hydrogens (tertiary/aromatic N) is 3. The summed E-state index contributed by atoms with van der Waals surface area (Å²) in [6.45, 7) is 4.34. The zero-order chi connectivity index (χ0) is 11.5. The minimum absolute atomic E-state index is 0.270. The summed E-state index contributed by atoms with van der Waals surface area (Å²) in [5, 5.41) is 0. The molecule has 1 atom stereocenters. The van der Waals surface area contributed by atoms with Crippen molar-refractivity contribution in [1.29, 1.82) is 0 Å². The van der Waals surface area contributed by atoms with Crippen LogP contribution in [-0.4, -0.2) is 35.8 Å². The van der Waals surface area contributed by atoms with Crippen molar-refractivity contribution in [2.45, 2.75) is 18.8 Å². The quantitative estimate of drug-likeness (QED) is 0.785. The van der Waals surface area contributed by atoms with E-state index in [0.29, 0.717) is 25.1 Å². The van der Waals surface area contributed by atoms with E-state index in [0.717, 1.165) is 18.1 Å². The number of nitrogen functional groups attached to an aromatic ring is 1. The van der Waals surface area contributed by atoms with Gasteiger partial charge in [-0.05, 0) is 6.92 Å². The molecule has 1 aromatic rings. The van der Waals surface area contributed by atoms with Gasteiger partial charge >= 0.3 is 0 Å². The average molecular weight is 243 g/mol. The van der Waals surface area contributed by atoms with Crippen LogP contribution in [0.25, 0.3) is 0 Å². The first-order valence-corrected chi connectivity index (χ1v) is 5.78. The zero-order valence-electron chi connectivity index (χ0n) is 9.19. The Bertz CT molecular complexity index is 374. The normalized spacial score (nSPS) is 21.1. The van der Waals surface area contributed by atoms with E-state index in [2.05, 4.69) is 21.8 Å². The van der Waals surface area contributed by atoms with Gasteiger partial charge in [-0.25, -0.2) is 4.98 Å². The maximum atomic E-state index is 5.76. The molecule has 0 amide bonds. The second kappa shape index (κ2) is 4.84. The summed E-state index contributed by atoms with van der Waals surface area (Å²) in [4.78, 5) is 10.4. The zero-order valence-corrected chi connectivity index (χ0v) is 9.94. The highest BCUT2D eigenvalue weighted by Crippen LogP contribution is 2.19. The first-order chi connectivity index (χ1) is 7.70. The summed E-state index contributed by atoms with van der Waals surface area (Å²) < 4.78 is 5.38. The molecule has 2 heterocycles. The molecule has 0 saturated carbocycles. The number of halogens is 1. The first-order valence-electron chi connectivity index (χ1n) is 5.24. The van der Waals surface area contributed by atoms with Crippen LogP contribution >= 0.6 is 11.6 Å². The van der Waals surface area contributed by atoms with Crippen LogP contribution in [0.3, 0.4) is 0 Å². The summed E-state index contributed by atoms with van der Waals surface area (Å²) in [5.41, 5.74) is 6.40. The third-order valence-corrected chi connectivity index (χ3v) is 2.86. The van der Waals surface area contributed by atoms with Crippen molar-refractivity contribution >= 4 is 23.4 Å². The van der Waals surface area contributed by atoms with Gasteiger partial charge in [0.05, 0.1) is 30.8 Å². The van der Waals surface area contributed by atoms with Crippen molar-refractivity contribution < 1.29 is 4.74 Å². The maximum absolute atomic E-state index is 5.76. The molecule has 2 rings (SSSR count). The number of nitrogens with two attached hydrogens (primary N) is 1. The van der Waals surface area contributed by atoms with Gasteiger partial charge in [0.25, 0.3) is 0 Å². The largest absolute Gasteiger partial charge is 0.377 e. The van der Waals surface area contributed by atoms with Crippen LogP contribution in [0.4, 0.5) is 11.8 Å². The van der Waals surface area contributed by atoms with Gasteiger partial charge in [-0.1, -0.05) is 0 Å². The number of ether oxygens (including phenoxy) is 1. The third kappa shape index (κ3) is 2.36. The van der Waals surface area contributed by atoms with E-state index in [-0.39, 0.29) is 5.95 Å². The lowest BCUT2D eigenvalue weighted by molar-refractivity contribution is 0.0985. The molecule has 88 valence electrons. The molecule has 0 unspecified atom stereocenters. The van der Waals surface area contributed by atoms with Crippen LogP contribution in [0.5, 0.6) is 0 Å². The summed E-state index contributed by atoms with van der Waals surface area (Å²) in [6, 6.07) is 2.18. The van der Waals surface area contributed by atoms with Gasteiger partial charge in [-0.3, -0.25) is 0 Å². The lowest BCUT2D eigenvalue weighted by atomic mass is 10.2. The highest BCUT2D eigenvalue weighted by molar-refractivity contribution is 6.16. The van der Waals surface area contributed by atoms with Gasteiger partial charge in [0, 0.05) is 12.6 Å². The molecule has 1 aliphatic rings. The highest BCUT2D eigenvalue weighted by atomic mass is 35.5. The molecule has 6 heteroatoms. The molecule has 0 radical (unpaired) electrons. The number of anilines is 2. The third-order valence-electron chi connectivity index (χ3n) is 2.58. The molecule has 0 bridgehead atoms. The number of rotatable bonds is 2. The Morgan fingerprint density at radius 2 is 2.44 bits per heavy atom. The van der Waals surface area contributed by atoms with Crippen LogP contribution in [0.15, 0.2) is 6.07 Å². The van der Waals surface area contributed by atoms with E-state index in [9.17, 15) is 0 Å². The van der Waals surface area contributed by atoms with Crippen molar-refractivity contribution in [3.05, 3.63) is 11.8 Å². The number of aromatic nitrogens is 2. The van der Waals surface area contributed by atoms with Crippen molar-refractivity contribution in [2.24, 2.45) is 0 Å². The topological polar surface area (TPSA) is 64.3 Å². The van der Waals surface area contributed by atoms with E-state index in [1.165, 1.54) is 0 Å². The lowest BCUT2D eigenvalue weighted by Crippen LogP contribution is -2.44.